The molecule has 0 fully saturated rings. The van der Waals surface area contributed by atoms with E-state index >= 15 is 0 Å². The summed E-state index contributed by atoms with van der Waals surface area (Å²) in [5.41, 5.74) is 7.81. The third kappa shape index (κ3) is 2.81. The van der Waals surface area contributed by atoms with Gasteiger partial charge in [0, 0.05) is 25.7 Å². The first-order chi connectivity index (χ1) is 7.66. The van der Waals surface area contributed by atoms with Crippen molar-refractivity contribution in [3.05, 3.63) is 44.6 Å². The van der Waals surface area contributed by atoms with Crippen molar-refractivity contribution in [3.8, 4) is 0 Å². The summed E-state index contributed by atoms with van der Waals surface area (Å²) in [6.07, 6.45) is 0. The summed E-state index contributed by atoms with van der Waals surface area (Å²) in [7, 11) is 0. The van der Waals surface area contributed by atoms with Gasteiger partial charge in [0.1, 0.15) is 0 Å². The molecule has 1 aromatic heterocycles. The third-order valence-corrected chi connectivity index (χ3v) is 5.56. The molecule has 0 atom stereocenters. The van der Waals surface area contributed by atoms with Gasteiger partial charge in [0.25, 0.3) is 0 Å². The molecule has 1 aromatic carbocycles. The van der Waals surface area contributed by atoms with E-state index in [4.69, 9.17) is 5.73 Å². The van der Waals surface area contributed by atoms with E-state index in [0.29, 0.717) is 0 Å². The minimum absolute atomic E-state index is 0.833. The number of rotatable bonds is 3. The van der Waals surface area contributed by atoms with Crippen LogP contribution in [0.3, 0.4) is 0 Å². The van der Waals surface area contributed by atoms with Crippen molar-refractivity contribution < 1.29 is 0 Å². The van der Waals surface area contributed by atoms with Gasteiger partial charge >= 0.3 is 0 Å². The molecule has 0 aliphatic carbocycles. The van der Waals surface area contributed by atoms with Crippen LogP contribution in [0.25, 0.3) is 0 Å². The lowest BCUT2D eigenvalue weighted by Gasteiger charge is -2.05. The van der Waals surface area contributed by atoms with Crippen LogP contribution in [0.4, 0.5) is 5.69 Å². The number of hydrogen-bond acceptors (Lipinski definition) is 3. The highest BCUT2D eigenvalue weighted by molar-refractivity contribution is 9.10. The molecule has 0 bridgehead atoms. The highest BCUT2D eigenvalue weighted by Gasteiger charge is 2.04. The predicted molar refractivity (Wildman–Crippen MR) is 77.2 cm³/mol. The smallest absolute Gasteiger partial charge is 0.0337 e. The number of thiophene rings is 1. The number of hydrogen-bond donors (Lipinski definition) is 1. The van der Waals surface area contributed by atoms with Crippen molar-refractivity contribution in [3.63, 3.8) is 0 Å². The lowest BCUT2D eigenvalue weighted by Crippen LogP contribution is -1.87. The van der Waals surface area contributed by atoms with Crippen molar-refractivity contribution in [2.75, 3.05) is 5.73 Å². The number of anilines is 1. The molecule has 84 valence electrons. The average molecular weight is 314 g/mol. The van der Waals surface area contributed by atoms with Gasteiger partial charge in [-0.05, 0) is 58.1 Å². The molecule has 0 saturated heterocycles. The molecule has 2 rings (SSSR count). The highest BCUT2D eigenvalue weighted by Crippen LogP contribution is 2.32. The van der Waals surface area contributed by atoms with Crippen LogP contribution in [0.2, 0.25) is 0 Å². The Morgan fingerprint density at radius 3 is 2.81 bits per heavy atom. The van der Waals surface area contributed by atoms with Gasteiger partial charge in [0.2, 0.25) is 0 Å². The second-order valence-electron chi connectivity index (χ2n) is 3.51. The summed E-state index contributed by atoms with van der Waals surface area (Å²) in [4.78, 5) is 2.68. The Labute approximate surface area is 112 Å². The normalized spacial score (nSPS) is 10.6. The largest absolute Gasteiger partial charge is 0.399 e. The number of halogens is 1. The minimum atomic E-state index is 0.833. The van der Waals surface area contributed by atoms with Crippen molar-refractivity contribution in [2.45, 2.75) is 17.6 Å². The van der Waals surface area contributed by atoms with Crippen molar-refractivity contribution >= 4 is 44.7 Å². The molecular formula is C12H12BrNS2. The van der Waals surface area contributed by atoms with E-state index in [1.807, 2.05) is 23.9 Å². The summed E-state index contributed by atoms with van der Waals surface area (Å²) in [6.45, 7) is 2.10. The highest BCUT2D eigenvalue weighted by atomic mass is 79.9. The van der Waals surface area contributed by atoms with Gasteiger partial charge in [-0.2, -0.15) is 0 Å². The monoisotopic (exact) mass is 313 g/mol. The lowest BCUT2D eigenvalue weighted by molar-refractivity contribution is 1.30. The van der Waals surface area contributed by atoms with E-state index in [-0.39, 0.29) is 0 Å². The van der Waals surface area contributed by atoms with Gasteiger partial charge in [-0.15, -0.1) is 23.1 Å². The summed E-state index contributed by atoms with van der Waals surface area (Å²) in [5, 5.41) is 2.11. The zero-order valence-corrected chi connectivity index (χ0v) is 12.1. The molecule has 0 amide bonds. The van der Waals surface area contributed by atoms with Crippen molar-refractivity contribution in [2.24, 2.45) is 0 Å². The number of thioether (sulfide) groups is 1. The summed E-state index contributed by atoms with van der Waals surface area (Å²) >= 11 is 7.18. The maximum Gasteiger partial charge on any atom is 0.0337 e. The SMILES string of the molecule is Cc1cc(N)ccc1SCc1sccc1Br. The molecule has 0 radical (unpaired) electrons. The molecule has 0 saturated carbocycles. The topological polar surface area (TPSA) is 26.0 Å². The molecule has 16 heavy (non-hydrogen) atoms. The molecule has 1 heterocycles. The second-order valence-corrected chi connectivity index (χ2v) is 6.38. The summed E-state index contributed by atoms with van der Waals surface area (Å²) < 4.78 is 1.21. The van der Waals surface area contributed by atoms with E-state index in [2.05, 4.69) is 40.4 Å². The first kappa shape index (κ1) is 12.0. The standard InChI is InChI=1S/C12H12BrNS2/c1-8-6-9(14)2-3-11(8)16-7-12-10(13)4-5-15-12/h2-6H,7,14H2,1H3. The Hall–Kier alpha value is -0.450. The first-order valence-electron chi connectivity index (χ1n) is 4.87. The average Bonchev–Trinajstić information content (AvgIpc) is 2.63. The van der Waals surface area contributed by atoms with Crippen LogP contribution in [-0.4, -0.2) is 0 Å². The maximum absolute atomic E-state index is 5.73. The van der Waals surface area contributed by atoms with Crippen LogP contribution in [0, 0.1) is 6.92 Å². The first-order valence-corrected chi connectivity index (χ1v) is 7.53. The van der Waals surface area contributed by atoms with Crippen LogP contribution in [0.15, 0.2) is 39.0 Å². The van der Waals surface area contributed by atoms with Crippen molar-refractivity contribution in [1.82, 2.24) is 0 Å². The van der Waals surface area contributed by atoms with Gasteiger partial charge in [0.15, 0.2) is 0 Å². The fourth-order valence-corrected chi connectivity index (χ4v) is 4.21. The Bertz CT molecular complexity index is 494. The molecule has 2 aromatic rings. The second kappa shape index (κ2) is 5.25. The van der Waals surface area contributed by atoms with E-state index in [1.54, 1.807) is 11.3 Å². The third-order valence-electron chi connectivity index (χ3n) is 2.25. The molecule has 4 heteroatoms. The van der Waals surface area contributed by atoms with E-state index in [1.165, 1.54) is 19.8 Å². The molecule has 2 N–H and O–H groups in total. The Morgan fingerprint density at radius 2 is 2.19 bits per heavy atom. The van der Waals surface area contributed by atoms with Gasteiger partial charge in [-0.3, -0.25) is 0 Å². The molecule has 1 nitrogen and oxygen atoms in total. The molecule has 0 aliphatic rings. The maximum atomic E-state index is 5.73. The van der Waals surface area contributed by atoms with E-state index < -0.39 is 0 Å². The zero-order valence-electron chi connectivity index (χ0n) is 8.87. The number of benzene rings is 1. The van der Waals surface area contributed by atoms with Gasteiger partial charge in [0.05, 0.1) is 0 Å². The van der Waals surface area contributed by atoms with Crippen LogP contribution >= 0.6 is 39.0 Å². The van der Waals surface area contributed by atoms with E-state index in [9.17, 15) is 0 Å². The predicted octanol–water partition coefficient (Wildman–Crippen LogP) is 4.69. The number of aryl methyl sites for hydroxylation is 1. The van der Waals surface area contributed by atoms with E-state index in [0.717, 1.165) is 11.4 Å². The van der Waals surface area contributed by atoms with Crippen molar-refractivity contribution in [1.29, 1.82) is 0 Å². The number of nitrogen functional groups attached to an aromatic ring is 1. The van der Waals surface area contributed by atoms with Gasteiger partial charge < -0.3 is 5.73 Å². The number of nitrogens with two attached hydrogens (primary N) is 1. The van der Waals surface area contributed by atoms with Crippen LogP contribution < -0.4 is 5.73 Å². The summed E-state index contributed by atoms with van der Waals surface area (Å²) in [6, 6.07) is 8.16. The van der Waals surface area contributed by atoms with Gasteiger partial charge in [-0.25, -0.2) is 0 Å². The van der Waals surface area contributed by atoms with Gasteiger partial charge in [-0.1, -0.05) is 0 Å². The molecule has 0 spiro atoms. The Morgan fingerprint density at radius 1 is 1.38 bits per heavy atom. The molecular weight excluding hydrogens is 302 g/mol. The summed E-state index contributed by atoms with van der Waals surface area (Å²) in [5.74, 6) is 1.00. The minimum Gasteiger partial charge on any atom is -0.399 e. The van der Waals surface area contributed by atoms with Crippen LogP contribution in [-0.2, 0) is 5.75 Å². The molecule has 0 aliphatic heterocycles. The quantitative estimate of drug-likeness (QED) is 0.657. The Balaban J connectivity index is 2.08. The van der Waals surface area contributed by atoms with Crippen LogP contribution in [0.5, 0.6) is 0 Å². The zero-order chi connectivity index (χ0) is 11.5. The molecule has 0 unspecified atom stereocenters. The van der Waals surface area contributed by atoms with Crippen LogP contribution in [0.1, 0.15) is 10.4 Å². The lowest BCUT2D eigenvalue weighted by atomic mass is 10.2. The Kier molecular flexibility index (Phi) is 3.95. The fraction of sp³-hybridized carbons (Fsp3) is 0.167. The fourth-order valence-electron chi connectivity index (χ4n) is 1.41.